The van der Waals surface area contributed by atoms with E-state index in [0.29, 0.717) is 5.13 Å². The third kappa shape index (κ3) is 5.11. The number of carbonyl (C=O) groups excluding carboxylic acids is 1. The highest BCUT2D eigenvalue weighted by molar-refractivity contribution is 8.02. The molecule has 1 amide bonds. The van der Waals surface area contributed by atoms with Crippen LogP contribution in [0.2, 0.25) is 0 Å². The number of aromatic nitrogens is 2. The molecular weight excluding hydrogens is 368 g/mol. The summed E-state index contributed by atoms with van der Waals surface area (Å²) in [6.07, 6.45) is 0. The van der Waals surface area contributed by atoms with E-state index in [4.69, 9.17) is 4.74 Å². The molecule has 1 aromatic heterocycles. The molecule has 6 nitrogen and oxygen atoms in total. The van der Waals surface area contributed by atoms with Crippen molar-refractivity contribution < 1.29 is 9.53 Å². The average molecular weight is 395 g/mol. The van der Waals surface area contributed by atoms with Crippen molar-refractivity contribution in [2.45, 2.75) is 56.3 Å². The van der Waals surface area contributed by atoms with Crippen molar-refractivity contribution in [3.63, 3.8) is 0 Å². The van der Waals surface area contributed by atoms with Crippen molar-refractivity contribution in [3.05, 3.63) is 24.3 Å². The van der Waals surface area contributed by atoms with E-state index >= 15 is 0 Å². The van der Waals surface area contributed by atoms with Crippen LogP contribution in [0.4, 0.5) is 10.8 Å². The van der Waals surface area contributed by atoms with Crippen LogP contribution < -0.4 is 10.1 Å². The van der Waals surface area contributed by atoms with E-state index in [-0.39, 0.29) is 23.2 Å². The molecule has 2 rings (SSSR count). The minimum Gasteiger partial charge on any atom is -0.495 e. The standard InChI is InChI=1S/C18H26N4O2S2/c1-11(2)22(12(3)4)16(23)13(5)25-18-21-20-17(26-18)19-14-9-7-8-10-15(14)24-6/h7-13H,1-6H3,(H,19,20). The Labute approximate surface area is 163 Å². The Morgan fingerprint density at radius 1 is 1.15 bits per heavy atom. The molecule has 0 radical (unpaired) electrons. The predicted molar refractivity (Wildman–Crippen MR) is 109 cm³/mol. The zero-order valence-corrected chi connectivity index (χ0v) is 17.6. The molecule has 1 aromatic carbocycles. The Balaban J connectivity index is 2.04. The number of amides is 1. The molecule has 0 bridgehead atoms. The lowest BCUT2D eigenvalue weighted by molar-refractivity contribution is -0.133. The number of ether oxygens (including phenoxy) is 1. The van der Waals surface area contributed by atoms with Gasteiger partial charge in [0.2, 0.25) is 11.0 Å². The molecule has 2 aromatic rings. The largest absolute Gasteiger partial charge is 0.495 e. The molecule has 1 atom stereocenters. The highest BCUT2D eigenvalue weighted by Crippen LogP contribution is 2.33. The van der Waals surface area contributed by atoms with Gasteiger partial charge in [-0.05, 0) is 46.8 Å². The van der Waals surface area contributed by atoms with Gasteiger partial charge in [-0.25, -0.2) is 0 Å². The number of thioether (sulfide) groups is 1. The summed E-state index contributed by atoms with van der Waals surface area (Å²) in [7, 11) is 1.63. The minimum absolute atomic E-state index is 0.120. The average Bonchev–Trinajstić information content (AvgIpc) is 3.01. The Hall–Kier alpha value is -1.80. The molecule has 0 saturated carbocycles. The van der Waals surface area contributed by atoms with Gasteiger partial charge in [0.05, 0.1) is 18.0 Å². The van der Waals surface area contributed by atoms with Crippen LogP contribution in [-0.2, 0) is 4.79 Å². The van der Waals surface area contributed by atoms with Gasteiger partial charge in [0.25, 0.3) is 0 Å². The van der Waals surface area contributed by atoms with Crippen LogP contribution in [0.15, 0.2) is 28.6 Å². The Morgan fingerprint density at radius 2 is 1.81 bits per heavy atom. The maximum Gasteiger partial charge on any atom is 0.236 e. The molecule has 1 unspecified atom stereocenters. The Morgan fingerprint density at radius 3 is 2.42 bits per heavy atom. The summed E-state index contributed by atoms with van der Waals surface area (Å²) >= 11 is 2.86. The van der Waals surface area contributed by atoms with Crippen molar-refractivity contribution in [1.82, 2.24) is 15.1 Å². The number of hydrogen-bond acceptors (Lipinski definition) is 7. The van der Waals surface area contributed by atoms with E-state index in [1.807, 2.05) is 63.8 Å². The van der Waals surface area contributed by atoms with Gasteiger partial charge >= 0.3 is 0 Å². The zero-order valence-electron chi connectivity index (χ0n) is 16.0. The van der Waals surface area contributed by atoms with Crippen LogP contribution >= 0.6 is 23.1 Å². The lowest BCUT2D eigenvalue weighted by Crippen LogP contribution is -2.45. The topological polar surface area (TPSA) is 67.3 Å². The van der Waals surface area contributed by atoms with Crippen molar-refractivity contribution >= 4 is 39.8 Å². The van der Waals surface area contributed by atoms with E-state index in [9.17, 15) is 4.79 Å². The molecule has 0 saturated heterocycles. The van der Waals surface area contributed by atoms with E-state index in [1.54, 1.807) is 7.11 Å². The van der Waals surface area contributed by atoms with Gasteiger partial charge in [-0.3, -0.25) is 4.79 Å². The third-order valence-corrected chi connectivity index (χ3v) is 5.76. The normalized spacial score (nSPS) is 12.3. The van der Waals surface area contributed by atoms with Crippen LogP contribution in [0.5, 0.6) is 5.75 Å². The molecule has 26 heavy (non-hydrogen) atoms. The summed E-state index contributed by atoms with van der Waals surface area (Å²) in [5.41, 5.74) is 0.831. The molecule has 0 spiro atoms. The van der Waals surface area contributed by atoms with Gasteiger partial charge in [0.15, 0.2) is 4.34 Å². The maximum absolute atomic E-state index is 12.7. The SMILES string of the molecule is COc1ccccc1Nc1nnc(SC(C)C(=O)N(C(C)C)C(C)C)s1. The lowest BCUT2D eigenvalue weighted by Gasteiger charge is -2.32. The number of methoxy groups -OCH3 is 1. The number of nitrogens with zero attached hydrogens (tertiary/aromatic N) is 3. The van der Waals surface area contributed by atoms with Crippen LogP contribution in [-0.4, -0.2) is 45.4 Å². The summed E-state index contributed by atoms with van der Waals surface area (Å²) < 4.78 is 6.09. The van der Waals surface area contributed by atoms with Crippen LogP contribution in [0.25, 0.3) is 0 Å². The minimum atomic E-state index is -0.216. The zero-order chi connectivity index (χ0) is 19.3. The predicted octanol–water partition coefficient (Wildman–Crippen LogP) is 4.42. The molecule has 0 fully saturated rings. The number of nitrogens with one attached hydrogen (secondary N) is 1. The fourth-order valence-corrected chi connectivity index (χ4v) is 4.65. The Bertz CT molecular complexity index is 725. The van der Waals surface area contributed by atoms with Gasteiger partial charge in [-0.2, -0.15) is 0 Å². The maximum atomic E-state index is 12.7. The van der Waals surface area contributed by atoms with Gasteiger partial charge in [-0.15, -0.1) is 10.2 Å². The van der Waals surface area contributed by atoms with E-state index in [1.165, 1.54) is 23.1 Å². The van der Waals surface area contributed by atoms with Gasteiger partial charge < -0.3 is 15.0 Å². The third-order valence-electron chi connectivity index (χ3n) is 3.75. The van der Waals surface area contributed by atoms with E-state index < -0.39 is 0 Å². The van der Waals surface area contributed by atoms with E-state index in [2.05, 4.69) is 15.5 Å². The number of para-hydroxylation sites is 2. The van der Waals surface area contributed by atoms with Crippen LogP contribution in [0.3, 0.4) is 0 Å². The smallest absolute Gasteiger partial charge is 0.236 e. The van der Waals surface area contributed by atoms with Crippen molar-refractivity contribution in [3.8, 4) is 5.75 Å². The number of benzene rings is 1. The number of anilines is 2. The molecule has 142 valence electrons. The summed E-state index contributed by atoms with van der Waals surface area (Å²) in [5, 5.41) is 12.0. The summed E-state index contributed by atoms with van der Waals surface area (Å²) in [5.74, 6) is 0.861. The molecule has 8 heteroatoms. The monoisotopic (exact) mass is 394 g/mol. The summed E-state index contributed by atoms with van der Waals surface area (Å²) in [6.45, 7) is 10.1. The van der Waals surface area contributed by atoms with Crippen molar-refractivity contribution in [1.29, 1.82) is 0 Å². The first-order valence-electron chi connectivity index (χ1n) is 8.55. The number of rotatable bonds is 8. The van der Waals surface area contributed by atoms with Crippen LogP contribution in [0.1, 0.15) is 34.6 Å². The molecule has 0 aliphatic carbocycles. The molecule has 0 aliphatic heterocycles. The lowest BCUT2D eigenvalue weighted by atomic mass is 10.2. The van der Waals surface area contributed by atoms with Crippen LogP contribution in [0, 0.1) is 0 Å². The fourth-order valence-electron chi connectivity index (χ4n) is 2.69. The second-order valence-corrected chi connectivity index (χ2v) is 8.96. The first-order valence-corrected chi connectivity index (χ1v) is 10.3. The second-order valence-electron chi connectivity index (χ2n) is 6.39. The number of carbonyl (C=O) groups is 1. The quantitative estimate of drug-likeness (QED) is 0.669. The van der Waals surface area contributed by atoms with Gasteiger partial charge in [0.1, 0.15) is 5.75 Å². The van der Waals surface area contributed by atoms with E-state index in [0.717, 1.165) is 15.8 Å². The second kappa shape index (κ2) is 9.23. The number of hydrogen-bond donors (Lipinski definition) is 1. The van der Waals surface area contributed by atoms with Crippen molar-refractivity contribution in [2.75, 3.05) is 12.4 Å². The van der Waals surface area contributed by atoms with Crippen molar-refractivity contribution in [2.24, 2.45) is 0 Å². The first kappa shape index (κ1) is 20.5. The highest BCUT2D eigenvalue weighted by Gasteiger charge is 2.26. The fraction of sp³-hybridized carbons (Fsp3) is 0.500. The molecule has 1 N–H and O–H groups in total. The Kier molecular flexibility index (Phi) is 7.28. The first-order chi connectivity index (χ1) is 12.3. The molecule has 0 aliphatic rings. The molecular formula is C18H26N4O2S2. The summed E-state index contributed by atoms with van der Waals surface area (Å²) in [4.78, 5) is 14.7. The summed E-state index contributed by atoms with van der Waals surface area (Å²) in [6, 6.07) is 7.97. The van der Waals surface area contributed by atoms with Gasteiger partial charge in [0, 0.05) is 12.1 Å². The highest BCUT2D eigenvalue weighted by atomic mass is 32.2. The van der Waals surface area contributed by atoms with Gasteiger partial charge in [-0.1, -0.05) is 35.2 Å². The molecule has 1 heterocycles.